The van der Waals surface area contributed by atoms with Crippen molar-refractivity contribution in [2.45, 2.75) is 57.4 Å². The van der Waals surface area contributed by atoms with Gasteiger partial charge in [-0.05, 0) is 82.0 Å². The third-order valence-electron chi connectivity index (χ3n) is 6.77. The number of pyridine rings is 1. The molecule has 0 bridgehead atoms. The number of hydrogen-bond donors (Lipinski definition) is 2. The van der Waals surface area contributed by atoms with E-state index in [1.54, 1.807) is 33.1 Å². The molecule has 0 unspecified atom stereocenters. The van der Waals surface area contributed by atoms with Crippen LogP contribution >= 0.6 is 11.6 Å². The molecule has 2 aromatic heterocycles. The topological polar surface area (TPSA) is 109 Å². The maximum atomic E-state index is 12.8. The number of hydrogen-bond acceptors (Lipinski definition) is 9. The third kappa shape index (κ3) is 6.34. The molecule has 1 aromatic carbocycles. The molecule has 0 saturated carbocycles. The molecular formula is C28H35ClN6O3S. The molecule has 0 aliphatic carbocycles. The summed E-state index contributed by atoms with van der Waals surface area (Å²) in [6.45, 7) is 11.7. The van der Waals surface area contributed by atoms with Gasteiger partial charge in [0, 0.05) is 25.3 Å². The second-order valence-corrected chi connectivity index (χ2v) is 12.9. The summed E-state index contributed by atoms with van der Waals surface area (Å²) in [5.74, 6) is 1.18. The number of sulfone groups is 1. The van der Waals surface area contributed by atoms with Crippen molar-refractivity contribution in [2.75, 3.05) is 30.8 Å². The van der Waals surface area contributed by atoms with E-state index in [0.29, 0.717) is 17.5 Å². The zero-order valence-corrected chi connectivity index (χ0v) is 24.7. The molecular weight excluding hydrogens is 536 g/mol. The summed E-state index contributed by atoms with van der Waals surface area (Å²) in [5.41, 5.74) is 4.57. The number of anilines is 4. The highest BCUT2D eigenvalue weighted by molar-refractivity contribution is 7.92. The first-order valence-electron chi connectivity index (χ1n) is 12.9. The van der Waals surface area contributed by atoms with Crippen LogP contribution in [0.4, 0.5) is 23.1 Å². The Morgan fingerprint density at radius 2 is 1.87 bits per heavy atom. The van der Waals surface area contributed by atoms with E-state index >= 15 is 0 Å². The van der Waals surface area contributed by atoms with E-state index in [4.69, 9.17) is 16.3 Å². The summed E-state index contributed by atoms with van der Waals surface area (Å²) in [5, 5.41) is 5.78. The summed E-state index contributed by atoms with van der Waals surface area (Å²) < 4.78 is 31.4. The Bertz CT molecular complexity index is 1490. The van der Waals surface area contributed by atoms with Gasteiger partial charge in [-0.2, -0.15) is 4.98 Å². The molecule has 11 heteroatoms. The zero-order valence-electron chi connectivity index (χ0n) is 23.1. The van der Waals surface area contributed by atoms with Crippen LogP contribution < -0.4 is 15.4 Å². The molecule has 0 amide bonds. The molecule has 1 aliphatic heterocycles. The van der Waals surface area contributed by atoms with E-state index in [0.717, 1.165) is 30.6 Å². The molecule has 3 aromatic rings. The van der Waals surface area contributed by atoms with Gasteiger partial charge in [0.2, 0.25) is 5.95 Å². The first kappa shape index (κ1) is 28.8. The van der Waals surface area contributed by atoms with Crippen LogP contribution in [0.1, 0.15) is 45.2 Å². The van der Waals surface area contributed by atoms with E-state index in [1.165, 1.54) is 18.0 Å². The van der Waals surface area contributed by atoms with Crippen LogP contribution in [0.5, 0.6) is 5.75 Å². The lowest BCUT2D eigenvalue weighted by molar-refractivity contribution is 0.245. The van der Waals surface area contributed by atoms with E-state index in [9.17, 15) is 8.42 Å². The number of rotatable bonds is 9. The first-order valence-corrected chi connectivity index (χ1v) is 14.8. The summed E-state index contributed by atoms with van der Waals surface area (Å²) in [4.78, 5) is 15.4. The van der Waals surface area contributed by atoms with E-state index in [-0.39, 0.29) is 27.5 Å². The van der Waals surface area contributed by atoms with Crippen LogP contribution in [0.2, 0.25) is 5.02 Å². The minimum Gasteiger partial charge on any atom is -0.495 e. The lowest BCUT2D eigenvalue weighted by Gasteiger charge is -2.30. The number of nitrogens with zero attached hydrogens (tertiary/aromatic N) is 4. The fourth-order valence-electron chi connectivity index (χ4n) is 4.40. The minimum absolute atomic E-state index is 0.0643. The predicted molar refractivity (Wildman–Crippen MR) is 157 cm³/mol. The largest absolute Gasteiger partial charge is 0.495 e. The van der Waals surface area contributed by atoms with Gasteiger partial charge in [0.1, 0.15) is 10.8 Å². The third-order valence-corrected chi connectivity index (χ3v) is 9.15. The fourth-order valence-corrected chi connectivity index (χ4v) is 5.62. The smallest absolute Gasteiger partial charge is 0.229 e. The van der Waals surface area contributed by atoms with Crippen LogP contribution in [0.15, 0.2) is 47.8 Å². The highest BCUT2D eigenvalue weighted by atomic mass is 35.5. The molecule has 39 heavy (non-hydrogen) atoms. The Hall–Kier alpha value is -3.21. The average molecular weight is 571 g/mol. The standard InChI is InChI=1S/C28H35ClN6O3S/c1-17(2)35-12-9-20(10-13-35)21-15-25(38-6)24(14-19(21)5)33-28-31-16-22(29)26(34-28)32-23-8-7-11-30-27(23)39(36,37)18(3)4/h7-9,11,14-18H,10,12-13H2,1-6H3,(H2,31,32,33,34). The Kier molecular flexibility index (Phi) is 8.78. The van der Waals surface area contributed by atoms with Gasteiger partial charge in [0.05, 0.1) is 29.9 Å². The van der Waals surface area contributed by atoms with Crippen LogP contribution in [0.3, 0.4) is 0 Å². The molecule has 0 radical (unpaired) electrons. The molecule has 0 spiro atoms. The molecule has 1 aliphatic rings. The summed E-state index contributed by atoms with van der Waals surface area (Å²) in [7, 11) is -2.00. The van der Waals surface area contributed by atoms with Crippen molar-refractivity contribution < 1.29 is 13.2 Å². The van der Waals surface area contributed by atoms with Gasteiger partial charge >= 0.3 is 0 Å². The monoisotopic (exact) mass is 570 g/mol. The van der Waals surface area contributed by atoms with Crippen molar-refractivity contribution in [2.24, 2.45) is 0 Å². The fraction of sp³-hybridized carbons (Fsp3) is 0.393. The van der Waals surface area contributed by atoms with Gasteiger partial charge in [0.15, 0.2) is 20.7 Å². The molecule has 2 N–H and O–H groups in total. The van der Waals surface area contributed by atoms with Crippen LogP contribution in [-0.4, -0.2) is 59.8 Å². The zero-order chi connectivity index (χ0) is 28.3. The molecule has 0 saturated heterocycles. The van der Waals surface area contributed by atoms with Gasteiger partial charge in [-0.25, -0.2) is 18.4 Å². The van der Waals surface area contributed by atoms with Crippen LogP contribution in [0, 0.1) is 6.92 Å². The van der Waals surface area contributed by atoms with Crippen LogP contribution in [-0.2, 0) is 9.84 Å². The molecule has 208 valence electrons. The van der Waals surface area contributed by atoms with Crippen molar-refractivity contribution >= 4 is 50.2 Å². The number of aryl methyl sites for hydroxylation is 1. The van der Waals surface area contributed by atoms with Gasteiger partial charge in [-0.15, -0.1) is 0 Å². The number of halogens is 1. The summed E-state index contributed by atoms with van der Waals surface area (Å²) >= 11 is 6.38. The lowest BCUT2D eigenvalue weighted by atomic mass is 9.94. The number of nitrogens with one attached hydrogen (secondary N) is 2. The molecule has 0 fully saturated rings. The van der Waals surface area contributed by atoms with Crippen molar-refractivity contribution in [1.82, 2.24) is 19.9 Å². The van der Waals surface area contributed by atoms with E-state index < -0.39 is 15.1 Å². The minimum atomic E-state index is -3.63. The number of methoxy groups -OCH3 is 1. The lowest BCUT2D eigenvalue weighted by Crippen LogP contribution is -2.34. The Morgan fingerprint density at radius 3 is 2.51 bits per heavy atom. The molecule has 0 atom stereocenters. The van der Waals surface area contributed by atoms with Crippen molar-refractivity contribution in [3.05, 3.63) is 58.9 Å². The predicted octanol–water partition coefficient (Wildman–Crippen LogP) is 6.01. The van der Waals surface area contributed by atoms with Gasteiger partial charge in [-0.1, -0.05) is 17.7 Å². The molecule has 4 rings (SSSR count). The average Bonchev–Trinajstić information content (AvgIpc) is 2.91. The SMILES string of the molecule is COc1cc(C2=CCN(C(C)C)CC2)c(C)cc1Nc1ncc(Cl)c(Nc2cccnc2S(=O)(=O)C(C)C)n1. The van der Waals surface area contributed by atoms with Gasteiger partial charge < -0.3 is 15.4 Å². The highest BCUT2D eigenvalue weighted by Crippen LogP contribution is 2.36. The number of aromatic nitrogens is 3. The maximum absolute atomic E-state index is 12.8. The Labute approximate surface area is 235 Å². The van der Waals surface area contributed by atoms with E-state index in [2.05, 4.69) is 57.3 Å². The quantitative estimate of drug-likeness (QED) is 0.319. The normalized spacial score (nSPS) is 14.4. The van der Waals surface area contributed by atoms with Crippen molar-refractivity contribution in [3.63, 3.8) is 0 Å². The van der Waals surface area contributed by atoms with Crippen molar-refractivity contribution in [3.8, 4) is 5.75 Å². The molecule has 9 nitrogen and oxygen atoms in total. The summed E-state index contributed by atoms with van der Waals surface area (Å²) in [6, 6.07) is 7.85. The second-order valence-electron chi connectivity index (χ2n) is 10.0. The number of ether oxygens (including phenoxy) is 1. The maximum Gasteiger partial charge on any atom is 0.229 e. The Balaban J connectivity index is 1.62. The van der Waals surface area contributed by atoms with Gasteiger partial charge in [-0.3, -0.25) is 4.90 Å². The highest BCUT2D eigenvalue weighted by Gasteiger charge is 2.25. The van der Waals surface area contributed by atoms with Crippen molar-refractivity contribution in [1.29, 1.82) is 0 Å². The van der Waals surface area contributed by atoms with Crippen LogP contribution in [0.25, 0.3) is 5.57 Å². The Morgan fingerprint density at radius 1 is 1.10 bits per heavy atom. The van der Waals surface area contributed by atoms with E-state index in [1.807, 2.05) is 12.1 Å². The summed E-state index contributed by atoms with van der Waals surface area (Å²) in [6.07, 6.45) is 6.17. The molecule has 3 heterocycles. The first-order chi connectivity index (χ1) is 18.5. The number of benzene rings is 1. The second kappa shape index (κ2) is 11.9. The van der Waals surface area contributed by atoms with Gasteiger partial charge in [0.25, 0.3) is 0 Å².